The number of aliphatic hydroxyl groups is 6. The van der Waals surface area contributed by atoms with Crippen LogP contribution in [0.4, 0.5) is 0 Å². The molecule has 13 nitrogen and oxygen atoms in total. The molecule has 2 aliphatic heterocycles. The van der Waals surface area contributed by atoms with Crippen molar-refractivity contribution in [2.24, 2.45) is 0 Å². The summed E-state index contributed by atoms with van der Waals surface area (Å²) in [5.74, 6) is 0. The Morgan fingerprint density at radius 1 is 0.800 bits per heavy atom. The van der Waals surface area contributed by atoms with E-state index in [-0.39, 0.29) is 13.1 Å². The summed E-state index contributed by atoms with van der Waals surface area (Å²) in [6, 6.07) is 4.67. The molecule has 0 unspecified atom stereocenters. The summed E-state index contributed by atoms with van der Waals surface area (Å²) in [7, 11) is 2.53. The molecule has 6 N–H and O–H groups in total. The molecule has 4 rings (SSSR count). The molecule has 2 aliphatic rings. The van der Waals surface area contributed by atoms with Crippen LogP contribution in [0.2, 0.25) is 5.02 Å². The SMILES string of the molecule is CO[C@@H]1[C@@H](O)[C@H](Cn2c(=O)n(C[C@H]3O[C@@H](O)[C@@H](O)[C@@H](OC)[C@@H]3O)c3ccc(Cl)cc32)O[C@H](O)[C@@H]1O. The number of imidazole rings is 1. The predicted octanol–water partition coefficient (Wildman–Crippen LogP) is -2.64. The monoisotopic (exact) mass is 520 g/mol. The standard InChI is InChI=1S/C21H29ClN2O11/c1-32-17-13(25)11(34-19(29)15(17)27)6-23-9-4-3-8(22)5-10(9)24(21(23)31)7-12-14(26)18(33-2)16(28)20(30)35-12/h3-5,11-20,25-30H,6-7H2,1-2H3/t11-,12+,13-,14+,15+,16-,17+,18-,19-,20+/m1/s1. The number of nitrogens with zero attached hydrogens (tertiary/aromatic N) is 2. The maximum atomic E-state index is 13.5. The van der Waals surface area contributed by atoms with Crippen molar-refractivity contribution in [3.8, 4) is 0 Å². The molecule has 0 saturated carbocycles. The van der Waals surface area contributed by atoms with Gasteiger partial charge in [0.05, 0.1) is 24.1 Å². The van der Waals surface area contributed by atoms with Crippen molar-refractivity contribution in [1.82, 2.24) is 9.13 Å². The number of methoxy groups -OCH3 is 2. The highest BCUT2D eigenvalue weighted by atomic mass is 35.5. The lowest BCUT2D eigenvalue weighted by molar-refractivity contribution is -0.288. The van der Waals surface area contributed by atoms with E-state index in [0.717, 1.165) is 0 Å². The number of hydrogen-bond acceptors (Lipinski definition) is 11. The van der Waals surface area contributed by atoms with Gasteiger partial charge in [0.25, 0.3) is 0 Å². The van der Waals surface area contributed by atoms with Gasteiger partial charge < -0.3 is 49.6 Å². The fraction of sp³-hybridized carbons (Fsp3) is 0.667. The zero-order valence-corrected chi connectivity index (χ0v) is 19.7. The first-order valence-corrected chi connectivity index (χ1v) is 11.3. The zero-order chi connectivity index (χ0) is 25.6. The van der Waals surface area contributed by atoms with Crippen molar-refractivity contribution < 1.29 is 49.6 Å². The quantitative estimate of drug-likeness (QED) is 0.234. The third kappa shape index (κ3) is 4.74. The molecular formula is C21H29ClN2O11. The van der Waals surface area contributed by atoms with Crippen LogP contribution in [0.3, 0.4) is 0 Å². The van der Waals surface area contributed by atoms with Gasteiger partial charge in [-0.15, -0.1) is 0 Å². The van der Waals surface area contributed by atoms with Gasteiger partial charge in [-0.2, -0.15) is 0 Å². The van der Waals surface area contributed by atoms with E-state index in [1.165, 1.54) is 29.4 Å². The van der Waals surface area contributed by atoms with Gasteiger partial charge in [-0.05, 0) is 18.2 Å². The molecule has 2 saturated heterocycles. The second-order valence-corrected chi connectivity index (χ2v) is 9.07. The zero-order valence-electron chi connectivity index (χ0n) is 18.9. The lowest BCUT2D eigenvalue weighted by atomic mass is 9.98. The van der Waals surface area contributed by atoms with E-state index in [9.17, 15) is 35.4 Å². The van der Waals surface area contributed by atoms with Crippen LogP contribution in [0.1, 0.15) is 0 Å². The number of ether oxygens (including phenoxy) is 4. The Labute approximate surface area is 204 Å². The Balaban J connectivity index is 1.70. The minimum absolute atomic E-state index is 0.217. The summed E-state index contributed by atoms with van der Waals surface area (Å²) in [5.41, 5.74) is 0.180. The largest absolute Gasteiger partial charge is 0.388 e. The maximum Gasteiger partial charge on any atom is 0.329 e. The molecular weight excluding hydrogens is 492 g/mol. The molecule has 2 fully saturated rings. The van der Waals surface area contributed by atoms with Crippen LogP contribution in [0.25, 0.3) is 11.0 Å². The molecule has 0 aliphatic carbocycles. The van der Waals surface area contributed by atoms with Crippen molar-refractivity contribution in [3.63, 3.8) is 0 Å². The van der Waals surface area contributed by atoms with E-state index in [1.807, 2.05) is 0 Å². The lowest BCUT2D eigenvalue weighted by Gasteiger charge is -2.40. The number of benzene rings is 1. The topological polar surface area (TPSA) is 185 Å². The van der Waals surface area contributed by atoms with Gasteiger partial charge in [0, 0.05) is 19.2 Å². The van der Waals surface area contributed by atoms with Gasteiger partial charge in [-0.1, -0.05) is 11.6 Å². The summed E-state index contributed by atoms with van der Waals surface area (Å²) < 4.78 is 23.4. The van der Waals surface area contributed by atoms with Gasteiger partial charge in [0.15, 0.2) is 12.6 Å². The van der Waals surface area contributed by atoms with Crippen molar-refractivity contribution in [2.75, 3.05) is 14.2 Å². The molecule has 196 valence electrons. The van der Waals surface area contributed by atoms with E-state index in [0.29, 0.717) is 16.1 Å². The molecule has 0 radical (unpaired) electrons. The van der Waals surface area contributed by atoms with Crippen molar-refractivity contribution in [1.29, 1.82) is 0 Å². The van der Waals surface area contributed by atoms with E-state index >= 15 is 0 Å². The van der Waals surface area contributed by atoms with Gasteiger partial charge in [0.2, 0.25) is 0 Å². The third-order valence-electron chi connectivity index (χ3n) is 6.57. The number of rotatable bonds is 6. The smallest absolute Gasteiger partial charge is 0.329 e. The van der Waals surface area contributed by atoms with Crippen LogP contribution in [0.5, 0.6) is 0 Å². The Hall–Kier alpha value is -1.62. The number of hydrogen-bond donors (Lipinski definition) is 6. The van der Waals surface area contributed by atoms with Gasteiger partial charge in [-0.25, -0.2) is 4.79 Å². The number of aliphatic hydroxyl groups excluding tert-OH is 6. The number of aromatic nitrogens is 2. The Morgan fingerprint density at radius 3 is 1.71 bits per heavy atom. The molecule has 0 amide bonds. The average molecular weight is 521 g/mol. The second kappa shape index (κ2) is 10.4. The summed E-state index contributed by atoms with van der Waals surface area (Å²) in [4.78, 5) is 13.5. The van der Waals surface area contributed by atoms with Crippen molar-refractivity contribution >= 4 is 22.6 Å². The van der Waals surface area contributed by atoms with E-state index in [1.54, 1.807) is 12.1 Å². The second-order valence-electron chi connectivity index (χ2n) is 8.63. The van der Waals surface area contributed by atoms with Crippen LogP contribution < -0.4 is 5.69 Å². The fourth-order valence-corrected chi connectivity index (χ4v) is 4.86. The minimum atomic E-state index is -1.65. The predicted molar refractivity (Wildman–Crippen MR) is 119 cm³/mol. The van der Waals surface area contributed by atoms with Crippen LogP contribution in [-0.2, 0) is 32.0 Å². The lowest BCUT2D eigenvalue weighted by Crippen LogP contribution is -2.60. The van der Waals surface area contributed by atoms with Gasteiger partial charge >= 0.3 is 5.69 Å². The average Bonchev–Trinajstić information content (AvgIpc) is 3.06. The summed E-state index contributed by atoms with van der Waals surface area (Å²) >= 11 is 6.16. The maximum absolute atomic E-state index is 13.5. The number of halogens is 1. The summed E-state index contributed by atoms with van der Waals surface area (Å²) in [6.07, 6.45) is -13.5. The van der Waals surface area contributed by atoms with Gasteiger partial charge in [-0.3, -0.25) is 9.13 Å². The first-order valence-electron chi connectivity index (χ1n) is 10.9. The van der Waals surface area contributed by atoms with Crippen molar-refractivity contribution in [3.05, 3.63) is 33.7 Å². The summed E-state index contributed by atoms with van der Waals surface area (Å²) in [6.45, 7) is -0.450. The third-order valence-corrected chi connectivity index (χ3v) is 6.81. The highest BCUT2D eigenvalue weighted by Crippen LogP contribution is 2.27. The first kappa shape index (κ1) is 26.4. The molecule has 0 spiro atoms. The number of fused-ring (bicyclic) bond motifs is 1. The van der Waals surface area contributed by atoms with E-state index < -0.39 is 67.1 Å². The highest BCUT2D eigenvalue weighted by Gasteiger charge is 2.46. The molecule has 0 bridgehead atoms. The Kier molecular flexibility index (Phi) is 7.85. The molecule has 35 heavy (non-hydrogen) atoms. The van der Waals surface area contributed by atoms with E-state index in [2.05, 4.69) is 0 Å². The minimum Gasteiger partial charge on any atom is -0.388 e. The molecule has 3 heterocycles. The van der Waals surface area contributed by atoms with Crippen LogP contribution in [-0.4, -0.2) is 115 Å². The molecule has 2 aromatic rings. The highest BCUT2D eigenvalue weighted by molar-refractivity contribution is 6.31. The van der Waals surface area contributed by atoms with Gasteiger partial charge in [0.1, 0.15) is 48.8 Å². The van der Waals surface area contributed by atoms with Crippen LogP contribution in [0, 0.1) is 0 Å². The van der Waals surface area contributed by atoms with Crippen molar-refractivity contribution in [2.45, 2.75) is 74.5 Å². The Bertz CT molecular complexity index is 1090. The summed E-state index contributed by atoms with van der Waals surface area (Å²) in [5, 5.41) is 61.7. The Morgan fingerprint density at radius 2 is 1.26 bits per heavy atom. The fourth-order valence-electron chi connectivity index (χ4n) is 4.70. The van der Waals surface area contributed by atoms with E-state index in [4.69, 9.17) is 30.5 Å². The first-order chi connectivity index (χ1) is 16.6. The molecule has 10 atom stereocenters. The molecule has 1 aromatic heterocycles. The normalized spacial score (nSPS) is 38.2. The molecule has 14 heteroatoms. The van der Waals surface area contributed by atoms with Crippen LogP contribution in [0.15, 0.2) is 23.0 Å². The molecule has 1 aromatic carbocycles. The van der Waals surface area contributed by atoms with Crippen LogP contribution >= 0.6 is 11.6 Å².